The fraction of sp³-hybridized carbons (Fsp3) is 0.294. The third-order valence-corrected chi connectivity index (χ3v) is 3.45. The molecular weight excluding hydrogens is 296 g/mol. The minimum atomic E-state index is -0.269. The largest absolute Gasteiger partial charge is 0.497 e. The average Bonchev–Trinajstić information content (AvgIpc) is 2.98. The second-order valence-corrected chi connectivity index (χ2v) is 4.99. The lowest BCUT2D eigenvalue weighted by Crippen LogP contribution is -2.38. The number of nitrogens with one attached hydrogen (secondary N) is 1. The summed E-state index contributed by atoms with van der Waals surface area (Å²) in [6.07, 6.45) is 1.47. The van der Waals surface area contributed by atoms with Crippen molar-refractivity contribution < 1.29 is 18.7 Å². The van der Waals surface area contributed by atoms with Crippen molar-refractivity contribution >= 4 is 17.5 Å². The molecule has 1 aromatic heterocycles. The Labute approximate surface area is 135 Å². The van der Waals surface area contributed by atoms with E-state index < -0.39 is 0 Å². The molecule has 0 aliphatic heterocycles. The van der Waals surface area contributed by atoms with Crippen molar-refractivity contribution in [2.75, 3.05) is 25.5 Å². The third kappa shape index (κ3) is 4.12. The second-order valence-electron chi connectivity index (χ2n) is 4.99. The van der Waals surface area contributed by atoms with Crippen molar-refractivity contribution in [1.82, 2.24) is 4.90 Å². The first kappa shape index (κ1) is 16.6. The summed E-state index contributed by atoms with van der Waals surface area (Å²) < 4.78 is 10.3. The molecule has 0 radical (unpaired) electrons. The van der Waals surface area contributed by atoms with E-state index in [1.807, 2.05) is 6.92 Å². The molecule has 0 saturated heterocycles. The normalized spacial score (nSPS) is 10.2. The molecule has 0 atom stereocenters. The van der Waals surface area contributed by atoms with Gasteiger partial charge in [0.2, 0.25) is 5.91 Å². The van der Waals surface area contributed by atoms with E-state index in [0.717, 1.165) is 0 Å². The van der Waals surface area contributed by atoms with Crippen LogP contribution < -0.4 is 10.1 Å². The van der Waals surface area contributed by atoms with E-state index in [0.29, 0.717) is 29.3 Å². The summed E-state index contributed by atoms with van der Waals surface area (Å²) in [5.41, 5.74) is 1.10. The van der Waals surface area contributed by atoms with Gasteiger partial charge in [-0.05, 0) is 32.0 Å². The Morgan fingerprint density at radius 3 is 2.70 bits per heavy atom. The molecular formula is C17H20N2O4. The number of likely N-dealkylation sites (N-methyl/N-ethyl adjacent to an activating group) is 1. The SMILES string of the molecule is CCN(CC(=O)Nc1cccc(OC)c1)C(=O)c1ccoc1C. The molecule has 6 nitrogen and oxygen atoms in total. The van der Waals surface area contributed by atoms with Gasteiger partial charge in [-0.2, -0.15) is 0 Å². The Hall–Kier alpha value is -2.76. The second kappa shape index (κ2) is 7.49. The zero-order chi connectivity index (χ0) is 16.8. The number of anilines is 1. The van der Waals surface area contributed by atoms with Gasteiger partial charge in [-0.25, -0.2) is 0 Å². The molecule has 2 amide bonds. The zero-order valence-corrected chi connectivity index (χ0v) is 13.5. The highest BCUT2D eigenvalue weighted by atomic mass is 16.5. The topological polar surface area (TPSA) is 71.8 Å². The monoisotopic (exact) mass is 316 g/mol. The van der Waals surface area contributed by atoms with E-state index >= 15 is 0 Å². The van der Waals surface area contributed by atoms with E-state index in [2.05, 4.69) is 5.32 Å². The van der Waals surface area contributed by atoms with Gasteiger partial charge in [0, 0.05) is 18.3 Å². The predicted molar refractivity (Wildman–Crippen MR) is 86.6 cm³/mol. The molecule has 23 heavy (non-hydrogen) atoms. The zero-order valence-electron chi connectivity index (χ0n) is 13.5. The molecule has 0 spiro atoms. The quantitative estimate of drug-likeness (QED) is 0.889. The van der Waals surface area contributed by atoms with Gasteiger partial charge in [0.05, 0.1) is 18.9 Å². The Morgan fingerprint density at radius 1 is 1.30 bits per heavy atom. The lowest BCUT2D eigenvalue weighted by molar-refractivity contribution is -0.116. The van der Waals surface area contributed by atoms with Crippen LogP contribution in [0.25, 0.3) is 0 Å². The highest BCUT2D eigenvalue weighted by Gasteiger charge is 2.20. The maximum atomic E-state index is 12.4. The van der Waals surface area contributed by atoms with Crippen molar-refractivity contribution in [2.45, 2.75) is 13.8 Å². The lowest BCUT2D eigenvalue weighted by Gasteiger charge is -2.20. The number of ether oxygens (including phenoxy) is 1. The Balaban J connectivity index is 2.02. The van der Waals surface area contributed by atoms with Crippen LogP contribution in [-0.4, -0.2) is 36.9 Å². The fourth-order valence-corrected chi connectivity index (χ4v) is 2.18. The summed E-state index contributed by atoms with van der Waals surface area (Å²) >= 11 is 0. The minimum absolute atomic E-state index is 0.0306. The van der Waals surface area contributed by atoms with Gasteiger partial charge in [-0.1, -0.05) is 6.07 Å². The molecule has 1 heterocycles. The van der Waals surface area contributed by atoms with Gasteiger partial charge in [0.1, 0.15) is 18.1 Å². The number of nitrogens with zero attached hydrogens (tertiary/aromatic N) is 1. The maximum Gasteiger partial charge on any atom is 0.257 e. The van der Waals surface area contributed by atoms with Crippen LogP contribution in [0.1, 0.15) is 23.0 Å². The number of hydrogen-bond donors (Lipinski definition) is 1. The van der Waals surface area contributed by atoms with Crippen molar-refractivity contribution in [3.63, 3.8) is 0 Å². The molecule has 6 heteroatoms. The number of carbonyl (C=O) groups is 2. The average molecular weight is 316 g/mol. The highest BCUT2D eigenvalue weighted by Crippen LogP contribution is 2.17. The molecule has 0 aliphatic rings. The number of methoxy groups -OCH3 is 1. The van der Waals surface area contributed by atoms with Crippen LogP contribution in [0, 0.1) is 6.92 Å². The first-order valence-corrected chi connectivity index (χ1v) is 7.32. The molecule has 0 bridgehead atoms. The molecule has 122 valence electrons. The van der Waals surface area contributed by atoms with Crippen LogP contribution in [0.2, 0.25) is 0 Å². The first-order chi connectivity index (χ1) is 11.0. The molecule has 0 saturated carbocycles. The Bertz CT molecular complexity index is 693. The first-order valence-electron chi connectivity index (χ1n) is 7.32. The molecule has 2 rings (SSSR count). The lowest BCUT2D eigenvalue weighted by atomic mass is 10.2. The van der Waals surface area contributed by atoms with Gasteiger partial charge >= 0.3 is 0 Å². The van der Waals surface area contributed by atoms with E-state index in [4.69, 9.17) is 9.15 Å². The highest BCUT2D eigenvalue weighted by molar-refractivity contribution is 5.99. The number of hydrogen-bond acceptors (Lipinski definition) is 4. The van der Waals surface area contributed by atoms with Gasteiger partial charge in [0.25, 0.3) is 5.91 Å². The number of furan rings is 1. The number of amides is 2. The number of carbonyl (C=O) groups excluding carboxylic acids is 2. The molecule has 2 aromatic rings. The molecule has 0 aliphatic carbocycles. The summed E-state index contributed by atoms with van der Waals surface area (Å²) in [6.45, 7) is 3.94. The number of benzene rings is 1. The van der Waals surface area contributed by atoms with E-state index in [9.17, 15) is 9.59 Å². The van der Waals surface area contributed by atoms with Crippen molar-refractivity contribution in [3.05, 3.63) is 47.9 Å². The fourth-order valence-electron chi connectivity index (χ4n) is 2.18. The summed E-state index contributed by atoms with van der Waals surface area (Å²) in [5.74, 6) is 0.705. The van der Waals surface area contributed by atoms with Crippen LogP contribution in [0.5, 0.6) is 5.75 Å². The number of rotatable bonds is 6. The molecule has 1 N–H and O–H groups in total. The smallest absolute Gasteiger partial charge is 0.257 e. The molecule has 1 aromatic carbocycles. The summed E-state index contributed by atoms with van der Waals surface area (Å²) in [4.78, 5) is 26.0. The van der Waals surface area contributed by atoms with Crippen LogP contribution in [-0.2, 0) is 4.79 Å². The van der Waals surface area contributed by atoms with Gasteiger partial charge in [-0.3, -0.25) is 9.59 Å². The predicted octanol–water partition coefficient (Wildman–Crippen LogP) is 2.70. The molecule has 0 fully saturated rings. The third-order valence-electron chi connectivity index (χ3n) is 3.45. The van der Waals surface area contributed by atoms with Gasteiger partial charge < -0.3 is 19.4 Å². The van der Waals surface area contributed by atoms with E-state index in [1.165, 1.54) is 11.2 Å². The number of aryl methyl sites for hydroxylation is 1. The van der Waals surface area contributed by atoms with Gasteiger partial charge in [0.15, 0.2) is 0 Å². The molecule has 0 unspecified atom stereocenters. The Morgan fingerprint density at radius 2 is 2.09 bits per heavy atom. The standard InChI is InChI=1S/C17H20N2O4/c1-4-19(17(21)15-8-9-23-12(15)2)11-16(20)18-13-6-5-7-14(10-13)22-3/h5-10H,4,11H2,1-3H3,(H,18,20). The van der Waals surface area contributed by atoms with Crippen molar-refractivity contribution in [2.24, 2.45) is 0 Å². The maximum absolute atomic E-state index is 12.4. The minimum Gasteiger partial charge on any atom is -0.497 e. The van der Waals surface area contributed by atoms with Crippen LogP contribution >= 0.6 is 0 Å². The van der Waals surface area contributed by atoms with Crippen LogP contribution in [0.3, 0.4) is 0 Å². The Kier molecular flexibility index (Phi) is 5.41. The van der Waals surface area contributed by atoms with Crippen LogP contribution in [0.4, 0.5) is 5.69 Å². The summed E-state index contributed by atoms with van der Waals surface area (Å²) in [6, 6.07) is 8.67. The van der Waals surface area contributed by atoms with Crippen molar-refractivity contribution in [1.29, 1.82) is 0 Å². The van der Waals surface area contributed by atoms with E-state index in [1.54, 1.807) is 44.4 Å². The summed E-state index contributed by atoms with van der Waals surface area (Å²) in [7, 11) is 1.56. The van der Waals surface area contributed by atoms with Crippen LogP contribution in [0.15, 0.2) is 41.0 Å². The van der Waals surface area contributed by atoms with Crippen molar-refractivity contribution in [3.8, 4) is 5.75 Å². The summed E-state index contributed by atoms with van der Waals surface area (Å²) in [5, 5.41) is 2.76. The van der Waals surface area contributed by atoms with Gasteiger partial charge in [-0.15, -0.1) is 0 Å². The van der Waals surface area contributed by atoms with E-state index in [-0.39, 0.29) is 18.4 Å².